The molecule has 1 saturated carbocycles. The second kappa shape index (κ2) is 3.68. The van der Waals surface area contributed by atoms with E-state index < -0.39 is 0 Å². The fraction of sp³-hybridized carbons (Fsp3) is 0.889. The maximum absolute atomic E-state index is 9.89. The number of rotatable bonds is 4. The van der Waals surface area contributed by atoms with Crippen molar-refractivity contribution in [1.82, 2.24) is 0 Å². The number of aliphatic imine (C=N–C) groups is 1. The quantitative estimate of drug-likeness (QED) is 0.449. The van der Waals surface area contributed by atoms with Gasteiger partial charge in [0.2, 0.25) is 6.08 Å². The fourth-order valence-corrected chi connectivity index (χ4v) is 1.54. The molecule has 0 aromatic heterocycles. The lowest BCUT2D eigenvalue weighted by molar-refractivity contribution is 0.432. The highest BCUT2D eigenvalue weighted by atomic mass is 16.1. The molecule has 2 heteroatoms. The second-order valence-electron chi connectivity index (χ2n) is 3.62. The largest absolute Gasteiger partial charge is 0.235 e. The van der Waals surface area contributed by atoms with Gasteiger partial charge in [-0.1, -0.05) is 6.92 Å². The average molecular weight is 153 g/mol. The van der Waals surface area contributed by atoms with E-state index >= 15 is 0 Å². The molecule has 2 nitrogen and oxygen atoms in total. The Morgan fingerprint density at radius 3 is 2.64 bits per heavy atom. The molecule has 62 valence electrons. The van der Waals surface area contributed by atoms with E-state index in [2.05, 4.69) is 11.9 Å². The molecular weight excluding hydrogens is 138 g/mol. The standard InChI is InChI=1S/C9H15NO/c1-7(9-3-4-9)5-8(2)10-6-11/h7-9H,3-5H2,1-2H3. The Bertz CT molecular complexity index is 168. The van der Waals surface area contributed by atoms with E-state index in [1.807, 2.05) is 6.92 Å². The first kappa shape index (κ1) is 8.48. The topological polar surface area (TPSA) is 29.4 Å². The van der Waals surface area contributed by atoms with Crippen LogP contribution in [-0.4, -0.2) is 12.1 Å². The van der Waals surface area contributed by atoms with Gasteiger partial charge in [-0.05, 0) is 38.0 Å². The lowest BCUT2D eigenvalue weighted by Crippen LogP contribution is -2.07. The Morgan fingerprint density at radius 1 is 1.55 bits per heavy atom. The molecule has 0 spiro atoms. The molecule has 2 unspecified atom stereocenters. The van der Waals surface area contributed by atoms with Crippen molar-refractivity contribution in [2.75, 3.05) is 0 Å². The van der Waals surface area contributed by atoms with E-state index in [4.69, 9.17) is 0 Å². The normalized spacial score (nSPS) is 22.0. The molecule has 0 saturated heterocycles. The van der Waals surface area contributed by atoms with E-state index in [0.29, 0.717) is 0 Å². The highest BCUT2D eigenvalue weighted by Gasteiger charge is 2.28. The summed E-state index contributed by atoms with van der Waals surface area (Å²) >= 11 is 0. The van der Waals surface area contributed by atoms with Gasteiger partial charge >= 0.3 is 0 Å². The van der Waals surface area contributed by atoms with Gasteiger partial charge in [0.15, 0.2) is 0 Å². The van der Waals surface area contributed by atoms with Gasteiger partial charge in [-0.15, -0.1) is 0 Å². The minimum Gasteiger partial charge on any atom is -0.211 e. The number of nitrogens with zero attached hydrogens (tertiary/aromatic N) is 1. The Hall–Kier alpha value is -0.620. The van der Waals surface area contributed by atoms with Crippen LogP contribution in [0.2, 0.25) is 0 Å². The van der Waals surface area contributed by atoms with Gasteiger partial charge in [0, 0.05) is 0 Å². The number of carbonyl (C=O) groups excluding carboxylic acids is 1. The molecule has 1 aliphatic carbocycles. The van der Waals surface area contributed by atoms with Gasteiger partial charge in [-0.3, -0.25) is 0 Å². The summed E-state index contributed by atoms with van der Waals surface area (Å²) in [5.74, 6) is 1.65. The van der Waals surface area contributed by atoms with Crippen molar-refractivity contribution in [2.24, 2.45) is 16.8 Å². The van der Waals surface area contributed by atoms with Crippen molar-refractivity contribution in [1.29, 1.82) is 0 Å². The SMILES string of the molecule is CC(CC(C)C1CC1)N=C=O. The van der Waals surface area contributed by atoms with Crippen molar-refractivity contribution in [3.05, 3.63) is 0 Å². The van der Waals surface area contributed by atoms with E-state index in [0.717, 1.165) is 18.3 Å². The maximum Gasteiger partial charge on any atom is 0.235 e. The smallest absolute Gasteiger partial charge is 0.211 e. The zero-order valence-corrected chi connectivity index (χ0v) is 7.21. The lowest BCUT2D eigenvalue weighted by Gasteiger charge is -2.10. The van der Waals surface area contributed by atoms with Gasteiger partial charge in [0.05, 0.1) is 6.04 Å². The summed E-state index contributed by atoms with van der Waals surface area (Å²) in [6.07, 6.45) is 5.40. The first-order chi connectivity index (χ1) is 5.24. The fourth-order valence-electron chi connectivity index (χ4n) is 1.54. The molecule has 0 N–H and O–H groups in total. The van der Waals surface area contributed by atoms with Crippen molar-refractivity contribution < 1.29 is 4.79 Å². The van der Waals surface area contributed by atoms with Crippen molar-refractivity contribution >= 4 is 6.08 Å². The van der Waals surface area contributed by atoms with Crippen LogP contribution in [0.4, 0.5) is 0 Å². The van der Waals surface area contributed by atoms with Crippen LogP contribution in [0.3, 0.4) is 0 Å². The average Bonchev–Trinajstić information content (AvgIpc) is 2.67. The molecule has 1 rings (SSSR count). The third kappa shape index (κ3) is 2.85. The molecule has 0 aliphatic heterocycles. The van der Waals surface area contributed by atoms with Gasteiger partial charge in [-0.2, -0.15) is 0 Å². The summed E-state index contributed by atoms with van der Waals surface area (Å²) in [7, 11) is 0. The Morgan fingerprint density at radius 2 is 2.18 bits per heavy atom. The predicted molar refractivity (Wildman–Crippen MR) is 44.1 cm³/mol. The molecule has 0 amide bonds. The molecule has 1 aliphatic rings. The van der Waals surface area contributed by atoms with Gasteiger partial charge < -0.3 is 0 Å². The van der Waals surface area contributed by atoms with Crippen molar-refractivity contribution in [3.8, 4) is 0 Å². The van der Waals surface area contributed by atoms with E-state index in [1.165, 1.54) is 12.8 Å². The first-order valence-corrected chi connectivity index (χ1v) is 4.31. The summed E-state index contributed by atoms with van der Waals surface area (Å²) in [4.78, 5) is 13.6. The van der Waals surface area contributed by atoms with Crippen LogP contribution in [0.15, 0.2) is 4.99 Å². The summed E-state index contributed by atoms with van der Waals surface area (Å²) < 4.78 is 0. The highest BCUT2D eigenvalue weighted by Crippen LogP contribution is 2.38. The molecule has 2 atom stereocenters. The molecule has 0 bridgehead atoms. The van der Waals surface area contributed by atoms with Crippen LogP contribution < -0.4 is 0 Å². The molecule has 11 heavy (non-hydrogen) atoms. The second-order valence-corrected chi connectivity index (χ2v) is 3.62. The van der Waals surface area contributed by atoms with Crippen LogP contribution in [0.1, 0.15) is 33.1 Å². The Balaban J connectivity index is 2.22. The molecule has 1 fully saturated rings. The van der Waals surface area contributed by atoms with Crippen molar-refractivity contribution in [2.45, 2.75) is 39.2 Å². The molecular formula is C9H15NO. The van der Waals surface area contributed by atoms with Crippen LogP contribution >= 0.6 is 0 Å². The van der Waals surface area contributed by atoms with Crippen LogP contribution in [0.25, 0.3) is 0 Å². The summed E-state index contributed by atoms with van der Waals surface area (Å²) in [6.45, 7) is 4.22. The summed E-state index contributed by atoms with van der Waals surface area (Å²) in [5, 5.41) is 0. The molecule has 0 aromatic rings. The van der Waals surface area contributed by atoms with Crippen LogP contribution in [-0.2, 0) is 4.79 Å². The Kier molecular flexibility index (Phi) is 2.84. The third-order valence-electron chi connectivity index (χ3n) is 2.41. The zero-order chi connectivity index (χ0) is 8.27. The maximum atomic E-state index is 9.89. The zero-order valence-electron chi connectivity index (χ0n) is 7.21. The van der Waals surface area contributed by atoms with Gasteiger partial charge in [0.1, 0.15) is 0 Å². The predicted octanol–water partition coefficient (Wildman–Crippen LogP) is 2.15. The molecule has 0 heterocycles. The highest BCUT2D eigenvalue weighted by molar-refractivity contribution is 5.33. The summed E-state index contributed by atoms with van der Waals surface area (Å²) in [5.41, 5.74) is 0. The lowest BCUT2D eigenvalue weighted by atomic mass is 9.98. The number of hydrogen-bond acceptors (Lipinski definition) is 2. The van der Waals surface area contributed by atoms with Crippen LogP contribution in [0.5, 0.6) is 0 Å². The minimum atomic E-state index is 0.170. The first-order valence-electron chi connectivity index (χ1n) is 4.31. The van der Waals surface area contributed by atoms with E-state index in [9.17, 15) is 4.79 Å². The number of hydrogen-bond donors (Lipinski definition) is 0. The molecule has 0 radical (unpaired) electrons. The van der Waals surface area contributed by atoms with Crippen molar-refractivity contribution in [3.63, 3.8) is 0 Å². The van der Waals surface area contributed by atoms with Gasteiger partial charge in [-0.25, -0.2) is 9.79 Å². The molecule has 0 aromatic carbocycles. The number of isocyanates is 1. The minimum absolute atomic E-state index is 0.170. The Labute approximate surface area is 67.7 Å². The summed E-state index contributed by atoms with van der Waals surface area (Å²) in [6, 6.07) is 0.170. The monoisotopic (exact) mass is 153 g/mol. The van der Waals surface area contributed by atoms with E-state index in [-0.39, 0.29) is 6.04 Å². The van der Waals surface area contributed by atoms with E-state index in [1.54, 1.807) is 6.08 Å². The van der Waals surface area contributed by atoms with Gasteiger partial charge in [0.25, 0.3) is 0 Å². The van der Waals surface area contributed by atoms with Crippen LogP contribution in [0, 0.1) is 11.8 Å². The third-order valence-corrected chi connectivity index (χ3v) is 2.41.